The van der Waals surface area contributed by atoms with E-state index in [4.69, 9.17) is 0 Å². The minimum absolute atomic E-state index is 0. The second-order valence-corrected chi connectivity index (χ2v) is 3.21. The fourth-order valence-electron chi connectivity index (χ4n) is 1.37. The normalized spacial score (nSPS) is 20.9. The van der Waals surface area contributed by atoms with Gasteiger partial charge in [0.05, 0.1) is 0 Å². The van der Waals surface area contributed by atoms with Gasteiger partial charge in [-0.25, -0.2) is 0 Å². The summed E-state index contributed by atoms with van der Waals surface area (Å²) in [7, 11) is 0. The van der Waals surface area contributed by atoms with E-state index in [0.29, 0.717) is 6.04 Å². The zero-order valence-electron chi connectivity index (χ0n) is 7.21. The zero-order valence-corrected chi connectivity index (χ0v) is 8.03. The Kier molecular flexibility index (Phi) is 3.12. The van der Waals surface area contributed by atoms with Crippen molar-refractivity contribution in [3.8, 4) is 0 Å². The zero-order chi connectivity index (χ0) is 7.68. The first-order chi connectivity index (χ1) is 5.36. The summed E-state index contributed by atoms with van der Waals surface area (Å²) in [6, 6.07) is 9.42. The molecule has 0 bridgehead atoms. The molecule has 0 spiro atoms. The second-order valence-electron chi connectivity index (χ2n) is 3.21. The van der Waals surface area contributed by atoms with Gasteiger partial charge in [0.15, 0.2) is 0 Å². The summed E-state index contributed by atoms with van der Waals surface area (Å²) in [4.78, 5) is 0. The van der Waals surface area contributed by atoms with Crippen LogP contribution in [0.3, 0.4) is 0 Å². The molecule has 2 rings (SSSR count). The van der Waals surface area contributed by atoms with E-state index in [-0.39, 0.29) is 12.4 Å². The topological polar surface area (TPSA) is 12.0 Å². The van der Waals surface area contributed by atoms with Gasteiger partial charge in [-0.3, -0.25) is 0 Å². The molecule has 0 saturated carbocycles. The highest BCUT2D eigenvalue weighted by Crippen LogP contribution is 2.22. The lowest BCUT2D eigenvalue weighted by Gasteiger charge is -2.27. The van der Waals surface area contributed by atoms with Gasteiger partial charge in [0.25, 0.3) is 0 Å². The molecule has 2 heteroatoms. The smallest absolute Gasteiger partial charge is 0.0332 e. The summed E-state index contributed by atoms with van der Waals surface area (Å²) in [6.07, 6.45) is 1.29. The van der Waals surface area contributed by atoms with Crippen LogP contribution < -0.4 is 5.32 Å². The number of halogens is 1. The van der Waals surface area contributed by atoms with E-state index in [2.05, 4.69) is 36.5 Å². The predicted octanol–water partition coefficient (Wildman–Crippen LogP) is 2.45. The van der Waals surface area contributed by atoms with Gasteiger partial charge < -0.3 is 5.32 Å². The van der Waals surface area contributed by atoms with Crippen LogP contribution in [0.2, 0.25) is 0 Å². The van der Waals surface area contributed by atoms with Crippen LogP contribution >= 0.6 is 12.4 Å². The molecule has 1 aliphatic heterocycles. The molecule has 0 amide bonds. The number of benzene rings is 1. The molecule has 0 aliphatic carbocycles. The molecule has 1 fully saturated rings. The van der Waals surface area contributed by atoms with Crippen molar-refractivity contribution in [2.45, 2.75) is 19.4 Å². The third kappa shape index (κ3) is 1.79. The van der Waals surface area contributed by atoms with Crippen LogP contribution in [0.1, 0.15) is 23.6 Å². The average Bonchev–Trinajstić information content (AvgIpc) is 1.90. The highest BCUT2D eigenvalue weighted by molar-refractivity contribution is 5.85. The van der Waals surface area contributed by atoms with Crippen molar-refractivity contribution in [1.29, 1.82) is 0 Å². The van der Waals surface area contributed by atoms with Crippen LogP contribution in [-0.4, -0.2) is 6.54 Å². The summed E-state index contributed by atoms with van der Waals surface area (Å²) in [5.74, 6) is 0. The number of hydrogen-bond acceptors (Lipinski definition) is 1. The van der Waals surface area contributed by atoms with E-state index in [1.165, 1.54) is 24.1 Å². The van der Waals surface area contributed by atoms with Gasteiger partial charge in [-0.15, -0.1) is 12.4 Å². The maximum absolute atomic E-state index is 3.38. The first kappa shape index (κ1) is 9.56. The van der Waals surface area contributed by atoms with Gasteiger partial charge in [0.1, 0.15) is 0 Å². The molecule has 1 aromatic rings. The lowest BCUT2D eigenvalue weighted by molar-refractivity contribution is 0.383. The Bertz CT molecular complexity index is 239. The highest BCUT2D eigenvalue weighted by Gasteiger charge is 2.17. The lowest BCUT2D eigenvalue weighted by atomic mass is 9.97. The van der Waals surface area contributed by atoms with E-state index in [1.54, 1.807) is 0 Å². The van der Waals surface area contributed by atoms with Crippen molar-refractivity contribution in [2.75, 3.05) is 6.54 Å². The van der Waals surface area contributed by atoms with Crippen molar-refractivity contribution in [2.24, 2.45) is 0 Å². The molecule has 1 aromatic carbocycles. The van der Waals surface area contributed by atoms with E-state index in [1.807, 2.05) is 0 Å². The van der Waals surface area contributed by atoms with Gasteiger partial charge in [-0.05, 0) is 25.5 Å². The van der Waals surface area contributed by atoms with E-state index in [0.717, 1.165) is 0 Å². The summed E-state index contributed by atoms with van der Waals surface area (Å²) in [6.45, 7) is 3.30. The molecular weight excluding hydrogens is 170 g/mol. The minimum Gasteiger partial charge on any atom is -0.310 e. The lowest BCUT2D eigenvalue weighted by Crippen LogP contribution is -2.34. The van der Waals surface area contributed by atoms with Crippen LogP contribution in [0.15, 0.2) is 24.3 Å². The first-order valence-corrected chi connectivity index (χ1v) is 4.16. The predicted molar refractivity (Wildman–Crippen MR) is 53.8 cm³/mol. The quantitative estimate of drug-likeness (QED) is 0.706. The molecule has 0 radical (unpaired) electrons. The Morgan fingerprint density at radius 2 is 1.83 bits per heavy atom. The Hall–Kier alpha value is -0.530. The maximum atomic E-state index is 3.38. The van der Waals surface area contributed by atoms with Crippen molar-refractivity contribution in [3.63, 3.8) is 0 Å². The van der Waals surface area contributed by atoms with Gasteiger partial charge in [0, 0.05) is 6.04 Å². The first-order valence-electron chi connectivity index (χ1n) is 4.16. The summed E-state index contributed by atoms with van der Waals surface area (Å²) in [5, 5.41) is 3.38. The Morgan fingerprint density at radius 1 is 1.25 bits per heavy atom. The van der Waals surface area contributed by atoms with Crippen LogP contribution in [0.5, 0.6) is 0 Å². The van der Waals surface area contributed by atoms with Crippen molar-refractivity contribution in [3.05, 3.63) is 35.4 Å². The van der Waals surface area contributed by atoms with E-state index < -0.39 is 0 Å². The number of nitrogens with one attached hydrogen (secondary N) is 1. The third-order valence-corrected chi connectivity index (χ3v) is 2.30. The largest absolute Gasteiger partial charge is 0.310 e. The number of hydrogen-bond donors (Lipinski definition) is 1. The highest BCUT2D eigenvalue weighted by atomic mass is 35.5. The average molecular weight is 184 g/mol. The third-order valence-electron chi connectivity index (χ3n) is 2.30. The summed E-state index contributed by atoms with van der Waals surface area (Å²) in [5.41, 5.74) is 2.77. The SMILES string of the molecule is Cc1ccc([C@H]2CCN2)cc1.Cl. The molecule has 1 heterocycles. The summed E-state index contributed by atoms with van der Waals surface area (Å²) >= 11 is 0. The van der Waals surface area contributed by atoms with Gasteiger partial charge in [0.2, 0.25) is 0 Å². The van der Waals surface area contributed by atoms with Crippen molar-refractivity contribution >= 4 is 12.4 Å². The Balaban J connectivity index is 0.000000720. The van der Waals surface area contributed by atoms with E-state index in [9.17, 15) is 0 Å². The summed E-state index contributed by atoms with van der Waals surface area (Å²) < 4.78 is 0. The molecule has 1 saturated heterocycles. The number of aryl methyl sites for hydroxylation is 1. The van der Waals surface area contributed by atoms with Gasteiger partial charge in [-0.1, -0.05) is 29.8 Å². The van der Waals surface area contributed by atoms with Crippen LogP contribution in [0.25, 0.3) is 0 Å². The van der Waals surface area contributed by atoms with Crippen LogP contribution in [0, 0.1) is 6.92 Å². The molecule has 66 valence electrons. The monoisotopic (exact) mass is 183 g/mol. The van der Waals surface area contributed by atoms with Gasteiger partial charge >= 0.3 is 0 Å². The van der Waals surface area contributed by atoms with Gasteiger partial charge in [-0.2, -0.15) is 0 Å². The molecule has 1 nitrogen and oxygen atoms in total. The number of rotatable bonds is 1. The second kappa shape index (κ2) is 3.92. The fourth-order valence-corrected chi connectivity index (χ4v) is 1.37. The van der Waals surface area contributed by atoms with Crippen molar-refractivity contribution in [1.82, 2.24) is 5.32 Å². The standard InChI is InChI=1S/C10H13N.ClH/c1-8-2-4-9(5-3-8)10-6-7-11-10;/h2-5,10-11H,6-7H2,1H3;1H/t10-;/m1./s1. The Labute approximate surface area is 79.6 Å². The molecule has 1 atom stereocenters. The molecule has 12 heavy (non-hydrogen) atoms. The molecule has 0 aromatic heterocycles. The molecular formula is C10H14ClN. The van der Waals surface area contributed by atoms with Crippen molar-refractivity contribution < 1.29 is 0 Å². The molecule has 0 unspecified atom stereocenters. The molecule has 1 aliphatic rings. The van der Waals surface area contributed by atoms with E-state index >= 15 is 0 Å². The van der Waals surface area contributed by atoms with Crippen LogP contribution in [0.4, 0.5) is 0 Å². The minimum atomic E-state index is 0. The fraction of sp³-hybridized carbons (Fsp3) is 0.400. The Morgan fingerprint density at radius 3 is 2.25 bits per heavy atom. The maximum Gasteiger partial charge on any atom is 0.0332 e. The van der Waals surface area contributed by atoms with Crippen LogP contribution in [-0.2, 0) is 0 Å². The molecule has 1 N–H and O–H groups in total.